The third-order valence-corrected chi connectivity index (χ3v) is 4.70. The second-order valence-corrected chi connectivity index (χ2v) is 6.27. The van der Waals surface area contributed by atoms with Crippen LogP contribution < -0.4 is 10.2 Å². The molecule has 5 nitrogen and oxygen atoms in total. The number of hydrogen-bond acceptors (Lipinski definition) is 3. The van der Waals surface area contributed by atoms with Gasteiger partial charge in [0.25, 0.3) is 0 Å². The van der Waals surface area contributed by atoms with E-state index in [0.717, 1.165) is 12.1 Å². The van der Waals surface area contributed by atoms with Crippen LogP contribution in [0.1, 0.15) is 6.42 Å². The van der Waals surface area contributed by atoms with Crippen LogP contribution in [-0.2, 0) is 9.59 Å². The van der Waals surface area contributed by atoms with Gasteiger partial charge < -0.3 is 15.3 Å². The summed E-state index contributed by atoms with van der Waals surface area (Å²) in [6.45, 7) is 0. The molecule has 1 aromatic carbocycles. The number of carbonyl (C=O) groups is 2. The van der Waals surface area contributed by atoms with Crippen molar-refractivity contribution in [1.82, 2.24) is 0 Å². The van der Waals surface area contributed by atoms with Gasteiger partial charge in [0.2, 0.25) is 5.91 Å². The summed E-state index contributed by atoms with van der Waals surface area (Å²) in [5.74, 6) is -2.10. The molecule has 5 heteroatoms. The van der Waals surface area contributed by atoms with Crippen LogP contribution in [-0.4, -0.2) is 31.1 Å². The van der Waals surface area contributed by atoms with Crippen LogP contribution in [0.4, 0.5) is 11.4 Å². The van der Waals surface area contributed by atoms with Crippen molar-refractivity contribution in [2.45, 2.75) is 6.42 Å². The monoisotopic (exact) mass is 300 g/mol. The van der Waals surface area contributed by atoms with Crippen molar-refractivity contribution in [1.29, 1.82) is 0 Å². The van der Waals surface area contributed by atoms with E-state index < -0.39 is 17.8 Å². The number of benzene rings is 1. The maximum absolute atomic E-state index is 12.5. The standard InChI is InChI=1S/C17H20N2O3/c1-19(2)13-7-5-12(6-8-13)18-16(20)14-10-3-4-11(9-10)15(14)17(21)22/h3-8,10-11,14-15H,9H2,1-2H3,(H,18,20)(H,21,22)/t10-,11-,14+,15+/m0/s1. The van der Waals surface area contributed by atoms with Crippen molar-refractivity contribution >= 4 is 23.3 Å². The Bertz CT molecular complexity index is 621. The Morgan fingerprint density at radius 2 is 1.68 bits per heavy atom. The molecular formula is C17H20N2O3. The molecule has 22 heavy (non-hydrogen) atoms. The molecule has 4 atom stereocenters. The first-order chi connectivity index (χ1) is 10.5. The van der Waals surface area contributed by atoms with Gasteiger partial charge in [0, 0.05) is 25.5 Å². The number of fused-ring (bicyclic) bond motifs is 2. The van der Waals surface area contributed by atoms with Crippen LogP contribution in [0.3, 0.4) is 0 Å². The Balaban J connectivity index is 1.74. The van der Waals surface area contributed by atoms with Crippen molar-refractivity contribution < 1.29 is 14.7 Å². The summed E-state index contributed by atoms with van der Waals surface area (Å²) in [4.78, 5) is 26.0. The zero-order valence-electron chi connectivity index (χ0n) is 12.7. The fourth-order valence-electron chi connectivity index (χ4n) is 3.58. The first-order valence-corrected chi connectivity index (χ1v) is 7.47. The zero-order chi connectivity index (χ0) is 15.9. The number of carbonyl (C=O) groups excluding carboxylic acids is 1. The first kappa shape index (κ1) is 14.6. The molecule has 2 aliphatic carbocycles. The van der Waals surface area contributed by atoms with E-state index in [-0.39, 0.29) is 17.7 Å². The summed E-state index contributed by atoms with van der Waals surface area (Å²) in [7, 11) is 3.90. The van der Waals surface area contributed by atoms with Crippen molar-refractivity contribution in [3.8, 4) is 0 Å². The molecule has 1 aromatic rings. The summed E-state index contributed by atoms with van der Waals surface area (Å²) in [5, 5.41) is 12.3. The molecule has 0 heterocycles. The highest BCUT2D eigenvalue weighted by atomic mass is 16.4. The Hall–Kier alpha value is -2.30. The second kappa shape index (κ2) is 5.48. The van der Waals surface area contributed by atoms with E-state index in [4.69, 9.17) is 0 Å². The molecule has 0 aliphatic heterocycles. The van der Waals surface area contributed by atoms with Crippen LogP contribution in [0.25, 0.3) is 0 Å². The zero-order valence-corrected chi connectivity index (χ0v) is 12.7. The van der Waals surface area contributed by atoms with Gasteiger partial charge in [-0.05, 0) is 42.5 Å². The van der Waals surface area contributed by atoms with Gasteiger partial charge in [-0.25, -0.2) is 0 Å². The molecule has 116 valence electrons. The predicted octanol–water partition coefficient (Wildman–Crippen LogP) is 2.21. The minimum absolute atomic E-state index is 0.00522. The number of rotatable bonds is 4. The Morgan fingerprint density at radius 3 is 2.23 bits per heavy atom. The maximum atomic E-state index is 12.5. The van der Waals surface area contributed by atoms with E-state index in [1.807, 2.05) is 55.4 Å². The summed E-state index contributed by atoms with van der Waals surface area (Å²) in [6.07, 6.45) is 4.71. The number of amides is 1. The van der Waals surface area contributed by atoms with Gasteiger partial charge in [0.05, 0.1) is 11.8 Å². The van der Waals surface area contributed by atoms with Gasteiger partial charge in [-0.1, -0.05) is 12.2 Å². The molecule has 0 unspecified atom stereocenters. The molecule has 2 aliphatic rings. The molecule has 2 bridgehead atoms. The molecule has 0 radical (unpaired) electrons. The molecule has 3 rings (SSSR count). The lowest BCUT2D eigenvalue weighted by atomic mass is 9.82. The van der Waals surface area contributed by atoms with Crippen LogP contribution in [0, 0.1) is 23.7 Å². The Kier molecular flexibility index (Phi) is 3.64. The van der Waals surface area contributed by atoms with E-state index >= 15 is 0 Å². The van der Waals surface area contributed by atoms with Crippen LogP contribution in [0.15, 0.2) is 36.4 Å². The Labute approximate surface area is 129 Å². The molecule has 0 spiro atoms. The molecule has 1 fully saturated rings. The fraction of sp³-hybridized carbons (Fsp3) is 0.412. The van der Waals surface area contributed by atoms with Gasteiger partial charge >= 0.3 is 5.97 Å². The number of nitrogens with one attached hydrogen (secondary N) is 1. The van der Waals surface area contributed by atoms with Crippen LogP contribution in [0.5, 0.6) is 0 Å². The molecular weight excluding hydrogens is 280 g/mol. The van der Waals surface area contributed by atoms with E-state index in [2.05, 4.69) is 5.32 Å². The molecule has 0 saturated heterocycles. The highest BCUT2D eigenvalue weighted by molar-refractivity contribution is 5.96. The quantitative estimate of drug-likeness (QED) is 0.837. The number of carboxylic acids is 1. The molecule has 1 amide bonds. The third kappa shape index (κ3) is 2.47. The normalized spacial score (nSPS) is 28.6. The second-order valence-electron chi connectivity index (χ2n) is 6.27. The predicted molar refractivity (Wildman–Crippen MR) is 84.8 cm³/mol. The van der Waals surface area contributed by atoms with Crippen LogP contribution >= 0.6 is 0 Å². The Morgan fingerprint density at radius 1 is 1.09 bits per heavy atom. The number of nitrogens with zero attached hydrogens (tertiary/aromatic N) is 1. The number of carboxylic acid groups (broad SMARTS) is 1. The van der Waals surface area contributed by atoms with E-state index in [0.29, 0.717) is 5.69 Å². The van der Waals surface area contributed by atoms with Crippen molar-refractivity contribution in [2.24, 2.45) is 23.7 Å². The fourth-order valence-corrected chi connectivity index (χ4v) is 3.58. The van der Waals surface area contributed by atoms with E-state index in [1.54, 1.807) is 0 Å². The molecule has 2 N–H and O–H groups in total. The van der Waals surface area contributed by atoms with Gasteiger partial charge in [-0.3, -0.25) is 9.59 Å². The summed E-state index contributed by atoms with van der Waals surface area (Å²) < 4.78 is 0. The van der Waals surface area contributed by atoms with E-state index in [1.165, 1.54) is 0 Å². The lowest BCUT2D eigenvalue weighted by Crippen LogP contribution is -2.36. The van der Waals surface area contributed by atoms with Gasteiger partial charge in [-0.2, -0.15) is 0 Å². The lowest BCUT2D eigenvalue weighted by Gasteiger charge is -2.24. The average Bonchev–Trinajstić information content (AvgIpc) is 3.08. The number of allylic oxidation sites excluding steroid dienone is 2. The van der Waals surface area contributed by atoms with Crippen molar-refractivity contribution in [3.63, 3.8) is 0 Å². The number of anilines is 2. The van der Waals surface area contributed by atoms with Crippen LogP contribution in [0.2, 0.25) is 0 Å². The minimum Gasteiger partial charge on any atom is -0.481 e. The average molecular weight is 300 g/mol. The highest BCUT2D eigenvalue weighted by Crippen LogP contribution is 2.48. The lowest BCUT2D eigenvalue weighted by molar-refractivity contribution is -0.146. The molecule has 1 saturated carbocycles. The summed E-state index contributed by atoms with van der Waals surface area (Å²) >= 11 is 0. The third-order valence-electron chi connectivity index (χ3n) is 4.70. The van der Waals surface area contributed by atoms with Crippen molar-refractivity contribution in [3.05, 3.63) is 36.4 Å². The van der Waals surface area contributed by atoms with Gasteiger partial charge in [0.15, 0.2) is 0 Å². The maximum Gasteiger partial charge on any atom is 0.307 e. The SMILES string of the molecule is CN(C)c1ccc(NC(=O)[C@H]2[C@H](C(=O)O)[C@H]3C=C[C@H]2C3)cc1. The highest BCUT2D eigenvalue weighted by Gasteiger charge is 2.51. The van der Waals surface area contributed by atoms with Gasteiger partial charge in [0.1, 0.15) is 0 Å². The first-order valence-electron chi connectivity index (χ1n) is 7.47. The smallest absolute Gasteiger partial charge is 0.307 e. The van der Waals surface area contributed by atoms with Gasteiger partial charge in [-0.15, -0.1) is 0 Å². The van der Waals surface area contributed by atoms with Crippen molar-refractivity contribution in [2.75, 3.05) is 24.3 Å². The minimum atomic E-state index is -0.875. The summed E-state index contributed by atoms with van der Waals surface area (Å²) in [6, 6.07) is 7.52. The topological polar surface area (TPSA) is 69.6 Å². The summed E-state index contributed by atoms with van der Waals surface area (Å²) in [5.41, 5.74) is 1.75. The number of aliphatic carboxylic acids is 1. The molecule has 0 aromatic heterocycles. The number of hydrogen-bond donors (Lipinski definition) is 2. The largest absolute Gasteiger partial charge is 0.481 e. The van der Waals surface area contributed by atoms with E-state index in [9.17, 15) is 14.7 Å².